The lowest BCUT2D eigenvalue weighted by Gasteiger charge is -2.32. The highest BCUT2D eigenvalue weighted by Gasteiger charge is 2.39. The number of hydrogen-bond acceptors (Lipinski definition) is 5. The number of hydroxylamine groups is 1. The smallest absolute Gasteiger partial charge is 0.320 e. The number of amides is 2. The van der Waals surface area contributed by atoms with Gasteiger partial charge in [0.25, 0.3) is 0 Å². The molecule has 0 bridgehead atoms. The fourth-order valence-corrected chi connectivity index (χ4v) is 3.46. The van der Waals surface area contributed by atoms with E-state index in [9.17, 15) is 19.5 Å². The molecule has 0 saturated heterocycles. The van der Waals surface area contributed by atoms with Gasteiger partial charge in [0.2, 0.25) is 11.8 Å². The Morgan fingerprint density at radius 3 is 2.17 bits per heavy atom. The van der Waals surface area contributed by atoms with Gasteiger partial charge in [-0.3, -0.25) is 19.6 Å². The normalized spacial score (nSPS) is 13.1. The van der Waals surface area contributed by atoms with Crippen LogP contribution >= 0.6 is 0 Å². The van der Waals surface area contributed by atoms with Gasteiger partial charge in [-0.25, -0.2) is 5.48 Å². The molecule has 1 rings (SSSR count). The molecule has 5 N–H and O–H groups in total. The van der Waals surface area contributed by atoms with Crippen molar-refractivity contribution in [1.29, 1.82) is 0 Å². The minimum atomic E-state index is -0.927. The average Bonchev–Trinajstić information content (AvgIpc) is 2.63. The van der Waals surface area contributed by atoms with Crippen molar-refractivity contribution in [1.82, 2.24) is 10.8 Å². The van der Waals surface area contributed by atoms with E-state index >= 15 is 0 Å². The van der Waals surface area contributed by atoms with E-state index in [4.69, 9.17) is 5.21 Å². The van der Waals surface area contributed by atoms with E-state index in [1.807, 2.05) is 19.9 Å². The molecule has 8 nitrogen and oxygen atoms in total. The zero-order chi connectivity index (χ0) is 23.1. The van der Waals surface area contributed by atoms with E-state index in [0.717, 1.165) is 5.56 Å². The van der Waals surface area contributed by atoms with Crippen molar-refractivity contribution in [2.75, 3.05) is 5.32 Å². The molecule has 1 aromatic carbocycles. The number of benzene rings is 1. The molecule has 168 valence electrons. The van der Waals surface area contributed by atoms with Crippen LogP contribution in [0.15, 0.2) is 24.3 Å². The first-order chi connectivity index (χ1) is 13.8. The number of carboxylic acids is 1. The molecule has 0 aliphatic rings. The SMILES string of the molecule is CC(C)C[C@H](NCc1cccc(NC(=O)C(C)(C)CC(C)(C)C(=O)NO)c1)C(=O)O. The van der Waals surface area contributed by atoms with Crippen LogP contribution in [0.2, 0.25) is 0 Å². The zero-order valence-electron chi connectivity index (χ0n) is 18.7. The van der Waals surface area contributed by atoms with Crippen LogP contribution in [-0.4, -0.2) is 34.1 Å². The van der Waals surface area contributed by atoms with Gasteiger partial charge in [-0.05, 0) is 36.5 Å². The third kappa shape index (κ3) is 7.76. The van der Waals surface area contributed by atoms with Crippen LogP contribution < -0.4 is 16.1 Å². The molecule has 0 heterocycles. The average molecular weight is 422 g/mol. The van der Waals surface area contributed by atoms with Crippen LogP contribution in [0.4, 0.5) is 5.69 Å². The highest BCUT2D eigenvalue weighted by Crippen LogP contribution is 2.35. The van der Waals surface area contributed by atoms with Crippen molar-refractivity contribution in [3.05, 3.63) is 29.8 Å². The third-order valence-electron chi connectivity index (χ3n) is 4.96. The summed E-state index contributed by atoms with van der Waals surface area (Å²) in [6.07, 6.45) is 0.756. The number of carboxylic acid groups (broad SMARTS) is 1. The Morgan fingerprint density at radius 2 is 1.63 bits per heavy atom. The Labute approximate surface area is 178 Å². The largest absolute Gasteiger partial charge is 0.480 e. The van der Waals surface area contributed by atoms with Gasteiger partial charge in [-0.15, -0.1) is 0 Å². The number of carbonyl (C=O) groups excluding carboxylic acids is 2. The number of anilines is 1. The number of nitrogens with one attached hydrogen (secondary N) is 3. The predicted octanol–water partition coefficient (Wildman–Crippen LogP) is 3.16. The van der Waals surface area contributed by atoms with E-state index in [-0.39, 0.29) is 18.2 Å². The van der Waals surface area contributed by atoms with Gasteiger partial charge in [0.15, 0.2) is 0 Å². The van der Waals surface area contributed by atoms with Crippen molar-refractivity contribution in [3.8, 4) is 0 Å². The molecule has 2 amide bonds. The van der Waals surface area contributed by atoms with Crippen LogP contribution in [0, 0.1) is 16.7 Å². The first-order valence-corrected chi connectivity index (χ1v) is 10.1. The molecular formula is C22H35N3O5. The Bertz CT molecular complexity index is 759. The molecule has 8 heteroatoms. The van der Waals surface area contributed by atoms with Crippen LogP contribution in [0.1, 0.15) is 59.9 Å². The van der Waals surface area contributed by atoms with Gasteiger partial charge in [-0.2, -0.15) is 0 Å². The molecule has 0 radical (unpaired) electrons. The van der Waals surface area contributed by atoms with E-state index in [2.05, 4.69) is 10.6 Å². The second-order valence-electron chi connectivity index (χ2n) is 9.44. The van der Waals surface area contributed by atoms with E-state index in [1.54, 1.807) is 51.4 Å². The van der Waals surface area contributed by atoms with Crippen molar-refractivity contribution in [2.24, 2.45) is 16.7 Å². The monoisotopic (exact) mass is 421 g/mol. The van der Waals surface area contributed by atoms with Gasteiger partial charge < -0.3 is 15.7 Å². The van der Waals surface area contributed by atoms with Gasteiger partial charge >= 0.3 is 5.97 Å². The summed E-state index contributed by atoms with van der Waals surface area (Å²) in [5.41, 5.74) is 1.29. The van der Waals surface area contributed by atoms with Crippen molar-refractivity contribution < 1.29 is 24.7 Å². The summed E-state index contributed by atoms with van der Waals surface area (Å²) in [7, 11) is 0. The van der Waals surface area contributed by atoms with Crippen LogP contribution in [0.3, 0.4) is 0 Å². The summed E-state index contributed by atoms with van der Waals surface area (Å²) in [4.78, 5) is 36.0. The number of hydrogen-bond donors (Lipinski definition) is 5. The molecule has 1 atom stereocenters. The lowest BCUT2D eigenvalue weighted by molar-refractivity contribution is -0.141. The van der Waals surface area contributed by atoms with Crippen molar-refractivity contribution >= 4 is 23.5 Å². The fraction of sp³-hybridized carbons (Fsp3) is 0.591. The second kappa shape index (κ2) is 10.5. The Morgan fingerprint density at radius 1 is 1.03 bits per heavy atom. The molecule has 0 aliphatic carbocycles. The third-order valence-corrected chi connectivity index (χ3v) is 4.96. The topological polar surface area (TPSA) is 128 Å². The number of aliphatic carboxylic acids is 1. The maximum Gasteiger partial charge on any atom is 0.320 e. The molecule has 0 unspecified atom stereocenters. The van der Waals surface area contributed by atoms with Gasteiger partial charge in [0.05, 0.1) is 0 Å². The zero-order valence-corrected chi connectivity index (χ0v) is 18.7. The Kier molecular flexibility index (Phi) is 8.99. The number of carbonyl (C=O) groups is 3. The Balaban J connectivity index is 2.81. The Hall–Kier alpha value is -2.45. The molecule has 1 aromatic rings. The summed E-state index contributed by atoms with van der Waals surface area (Å²) >= 11 is 0. The van der Waals surface area contributed by atoms with Crippen LogP contribution in [0.25, 0.3) is 0 Å². The molecule has 0 fully saturated rings. The summed E-state index contributed by atoms with van der Waals surface area (Å²) in [6, 6.07) is 6.56. The first kappa shape index (κ1) is 25.6. The van der Waals surface area contributed by atoms with E-state index < -0.39 is 28.7 Å². The molecule has 0 spiro atoms. The van der Waals surface area contributed by atoms with Gasteiger partial charge in [0, 0.05) is 23.1 Å². The molecule has 0 aromatic heterocycles. The lowest BCUT2D eigenvalue weighted by atomic mass is 9.74. The first-order valence-electron chi connectivity index (χ1n) is 10.1. The van der Waals surface area contributed by atoms with Gasteiger partial charge in [0.1, 0.15) is 6.04 Å². The quantitative estimate of drug-likeness (QED) is 0.276. The number of rotatable bonds is 11. The van der Waals surface area contributed by atoms with E-state index in [0.29, 0.717) is 18.7 Å². The highest BCUT2D eigenvalue weighted by atomic mass is 16.5. The summed E-state index contributed by atoms with van der Waals surface area (Å²) in [6.45, 7) is 11.1. The van der Waals surface area contributed by atoms with Crippen LogP contribution in [0.5, 0.6) is 0 Å². The maximum atomic E-state index is 12.8. The summed E-state index contributed by atoms with van der Waals surface area (Å²) in [5.74, 6) is -1.44. The van der Waals surface area contributed by atoms with Crippen molar-refractivity contribution in [3.63, 3.8) is 0 Å². The standard InChI is InChI=1S/C22H35N3O5/c1-14(2)10-17(18(26)27)23-12-15-8-7-9-16(11-15)24-19(28)21(3,4)13-22(5,6)20(29)25-30/h7-9,11,14,17,23,30H,10,12-13H2,1-6H3,(H,24,28)(H,25,29)(H,26,27)/t17-/m0/s1. The van der Waals surface area contributed by atoms with Gasteiger partial charge in [-0.1, -0.05) is 53.7 Å². The lowest BCUT2D eigenvalue weighted by Crippen LogP contribution is -2.42. The summed E-state index contributed by atoms with van der Waals surface area (Å²) in [5, 5.41) is 24.2. The van der Waals surface area contributed by atoms with Crippen LogP contribution in [-0.2, 0) is 20.9 Å². The van der Waals surface area contributed by atoms with E-state index in [1.165, 1.54) is 0 Å². The maximum absolute atomic E-state index is 12.8. The molecule has 30 heavy (non-hydrogen) atoms. The molecule has 0 aliphatic heterocycles. The fourth-order valence-electron chi connectivity index (χ4n) is 3.46. The predicted molar refractivity (Wildman–Crippen MR) is 115 cm³/mol. The highest BCUT2D eigenvalue weighted by molar-refractivity contribution is 5.95. The summed E-state index contributed by atoms with van der Waals surface area (Å²) < 4.78 is 0. The minimum absolute atomic E-state index is 0.231. The second-order valence-corrected chi connectivity index (χ2v) is 9.44. The van der Waals surface area contributed by atoms with Crippen molar-refractivity contribution in [2.45, 2.75) is 67.0 Å². The molecule has 0 saturated carbocycles. The minimum Gasteiger partial charge on any atom is -0.480 e. The molecular weight excluding hydrogens is 386 g/mol.